The maximum absolute atomic E-state index is 10.3. The number of carboxylic acids is 5. The Labute approximate surface area is 664 Å². The van der Waals surface area contributed by atoms with Crippen molar-refractivity contribution >= 4 is 29.8 Å². The smallest absolute Gasteiger partial charge is 0.303 e. The lowest BCUT2D eigenvalue weighted by atomic mass is 10.0. The van der Waals surface area contributed by atoms with E-state index in [1.54, 1.807) is 0 Å². The molecule has 0 aliphatic rings. The Hall–Kier alpha value is -3.01. The highest BCUT2D eigenvalue weighted by Gasteiger charge is 2.04. The van der Waals surface area contributed by atoms with E-state index >= 15 is 0 Å². The molecule has 0 aliphatic heterocycles. The van der Waals surface area contributed by atoms with Crippen LogP contribution < -0.4 is 0 Å². The number of aliphatic hydroxyl groups is 9. The number of hydrogen-bond donors (Lipinski definition) is 14. The van der Waals surface area contributed by atoms with Crippen molar-refractivity contribution in [3.05, 3.63) is 0 Å². The average molecular weight is 1560 g/mol. The van der Waals surface area contributed by atoms with Crippen LogP contribution in [0, 0.1) is 0 Å². The number of carboxylic acid groups (broad SMARTS) is 5. The zero-order valence-corrected chi connectivity index (χ0v) is 71.3. The zero-order valence-electron chi connectivity index (χ0n) is 71.3. The third kappa shape index (κ3) is 152. The van der Waals surface area contributed by atoms with E-state index in [2.05, 4.69) is 34.6 Å². The lowest BCUT2D eigenvalue weighted by Gasteiger charge is -2.02. The van der Waals surface area contributed by atoms with E-state index < -0.39 is 48.2 Å². The molecule has 0 fully saturated rings. The quantitative estimate of drug-likeness (QED) is 0.0252. The predicted octanol–water partition coefficient (Wildman–Crippen LogP) is 22.8. The Kier molecular flexibility index (Phi) is 131. The molecule has 0 radical (unpaired) electrons. The van der Waals surface area contributed by atoms with E-state index in [9.17, 15) is 24.0 Å². The predicted molar refractivity (Wildman–Crippen MR) is 450 cm³/mol. The maximum Gasteiger partial charge on any atom is 0.303 e. The Morgan fingerprint density at radius 1 is 0.157 bits per heavy atom. The number of hydrogen-bond acceptors (Lipinski definition) is 14. The average Bonchev–Trinajstić information content (AvgIpc) is 3.49. The van der Waals surface area contributed by atoms with E-state index in [4.69, 9.17) is 71.5 Å². The van der Waals surface area contributed by atoms with E-state index in [0.29, 0.717) is 32.1 Å². The van der Waals surface area contributed by atoms with Crippen LogP contribution in [-0.2, 0) is 24.0 Å². The summed E-state index contributed by atoms with van der Waals surface area (Å²) in [6, 6.07) is 0. The molecule has 0 unspecified atom stereocenters. The summed E-state index contributed by atoms with van der Waals surface area (Å²) in [5.74, 6) is -3.27. The lowest BCUT2D eigenvalue weighted by molar-refractivity contribution is -0.138. The number of aliphatic hydroxyl groups excluding tert-OH is 9. The SMILES string of the molecule is CCCCCCCCCCCCCCCC(=O)O.CCCCCCCCCCCCCCCC(=O)O.CCCCCCCCCCCCCCCC(=O)O.CCCCCCCCCCCCCCCC(=O)O.CCCCCCCCCCCCCCCC(=O)O.OCC(O)CO.OCC(O)CO.OCC(O)CO. The van der Waals surface area contributed by atoms with Gasteiger partial charge in [0, 0.05) is 32.1 Å². The molecular formula is C89H184O19. The summed E-state index contributed by atoms with van der Waals surface area (Å²) in [7, 11) is 0. The van der Waals surface area contributed by atoms with Crippen molar-refractivity contribution in [2.75, 3.05) is 39.6 Å². The zero-order chi connectivity index (χ0) is 82.4. The second-order valence-electron chi connectivity index (χ2n) is 30.0. The standard InChI is InChI=1S/5C16H32O2.3C3H8O3/c5*1-2-3-4-5-6-7-8-9-10-11-12-13-14-15-16(17)18;3*4-1-3(6)2-5/h5*2-15H2,1H3,(H,17,18);3*3-6H,1-2H2. The second kappa shape index (κ2) is 117. The number of rotatable bonds is 76. The third-order valence-corrected chi connectivity index (χ3v) is 18.7. The minimum atomic E-state index is -0.954. The summed E-state index contributed by atoms with van der Waals surface area (Å²) < 4.78 is 0. The molecule has 0 atom stereocenters. The molecule has 108 heavy (non-hydrogen) atoms. The summed E-state index contributed by atoms with van der Waals surface area (Å²) in [6.07, 6.45) is 83.5. The Bertz CT molecular complexity index is 1360. The van der Waals surface area contributed by atoms with Crippen molar-refractivity contribution in [3.63, 3.8) is 0 Å². The van der Waals surface area contributed by atoms with Crippen LogP contribution in [-0.4, -0.2) is 159 Å². The van der Waals surface area contributed by atoms with Gasteiger partial charge in [0.05, 0.1) is 39.6 Å². The van der Waals surface area contributed by atoms with Gasteiger partial charge < -0.3 is 71.5 Å². The molecule has 0 saturated heterocycles. The molecule has 0 aromatic heterocycles. The molecule has 19 heteroatoms. The minimum Gasteiger partial charge on any atom is -0.481 e. The Balaban J connectivity index is -0.000000182. The fourth-order valence-electron chi connectivity index (χ4n) is 11.6. The molecule has 0 heterocycles. The van der Waals surface area contributed by atoms with Crippen LogP contribution in [0.2, 0.25) is 0 Å². The molecule has 0 bridgehead atoms. The van der Waals surface area contributed by atoms with Crippen LogP contribution in [0.4, 0.5) is 0 Å². The molecule has 0 aliphatic carbocycles. The van der Waals surface area contributed by atoms with E-state index in [1.807, 2.05) is 0 Å². The van der Waals surface area contributed by atoms with Gasteiger partial charge in [-0.3, -0.25) is 24.0 Å². The largest absolute Gasteiger partial charge is 0.481 e. The first-order valence-electron chi connectivity index (χ1n) is 45.1. The topological polar surface area (TPSA) is 369 Å². The summed E-state index contributed by atoms with van der Waals surface area (Å²) >= 11 is 0. The molecule has 0 amide bonds. The minimum absolute atomic E-state index is 0.345. The van der Waals surface area contributed by atoms with Crippen molar-refractivity contribution in [3.8, 4) is 0 Å². The second-order valence-corrected chi connectivity index (χ2v) is 30.0. The first-order chi connectivity index (χ1) is 52.3. The Morgan fingerprint density at radius 3 is 0.287 bits per heavy atom. The van der Waals surface area contributed by atoms with Crippen LogP contribution in [0.15, 0.2) is 0 Å². The molecular weight excluding hydrogens is 1370 g/mol. The molecule has 0 rings (SSSR count). The fraction of sp³-hybridized carbons (Fsp3) is 0.944. The van der Waals surface area contributed by atoms with Gasteiger partial charge in [-0.2, -0.15) is 0 Å². The van der Waals surface area contributed by atoms with E-state index in [1.165, 1.54) is 353 Å². The molecule has 0 spiro atoms. The van der Waals surface area contributed by atoms with Gasteiger partial charge in [-0.1, -0.05) is 420 Å². The third-order valence-electron chi connectivity index (χ3n) is 18.7. The van der Waals surface area contributed by atoms with E-state index in [-0.39, 0.29) is 39.6 Å². The number of unbranched alkanes of at least 4 members (excludes halogenated alkanes) is 60. The van der Waals surface area contributed by atoms with Crippen LogP contribution in [0.25, 0.3) is 0 Å². The van der Waals surface area contributed by atoms with Gasteiger partial charge in [-0.25, -0.2) is 0 Å². The summed E-state index contributed by atoms with van der Waals surface area (Å²) in [5.41, 5.74) is 0. The highest BCUT2D eigenvalue weighted by Crippen LogP contribution is 2.18. The highest BCUT2D eigenvalue weighted by molar-refractivity contribution is 5.67. The van der Waals surface area contributed by atoms with Gasteiger partial charge in [-0.15, -0.1) is 0 Å². The molecule has 14 N–H and O–H groups in total. The highest BCUT2D eigenvalue weighted by atomic mass is 16.4. The van der Waals surface area contributed by atoms with Gasteiger partial charge in [0.25, 0.3) is 0 Å². The van der Waals surface area contributed by atoms with Gasteiger partial charge in [0.15, 0.2) is 0 Å². The van der Waals surface area contributed by atoms with Crippen LogP contribution in [0.3, 0.4) is 0 Å². The number of carbonyl (C=O) groups is 5. The molecule has 0 aromatic rings. The van der Waals surface area contributed by atoms with Gasteiger partial charge in [0.2, 0.25) is 0 Å². The lowest BCUT2D eigenvalue weighted by Crippen LogP contribution is -2.15. The van der Waals surface area contributed by atoms with Crippen molar-refractivity contribution in [2.24, 2.45) is 0 Å². The van der Waals surface area contributed by atoms with Gasteiger partial charge in [-0.05, 0) is 32.1 Å². The molecule has 0 aromatic carbocycles. The first kappa shape index (κ1) is 121. The van der Waals surface area contributed by atoms with Gasteiger partial charge >= 0.3 is 29.8 Å². The monoisotopic (exact) mass is 1560 g/mol. The van der Waals surface area contributed by atoms with Crippen molar-refractivity contribution < 1.29 is 95.5 Å². The van der Waals surface area contributed by atoms with Crippen molar-refractivity contribution in [1.82, 2.24) is 0 Å². The van der Waals surface area contributed by atoms with Crippen molar-refractivity contribution in [1.29, 1.82) is 0 Å². The normalized spacial score (nSPS) is 10.6. The molecule has 0 saturated carbocycles. The molecule has 19 nitrogen and oxygen atoms in total. The first-order valence-corrected chi connectivity index (χ1v) is 45.1. The maximum atomic E-state index is 10.3. The molecule has 654 valence electrons. The number of aliphatic carboxylic acids is 5. The summed E-state index contributed by atoms with van der Waals surface area (Å²) in [6.45, 7) is 9.11. The van der Waals surface area contributed by atoms with Crippen LogP contribution >= 0.6 is 0 Å². The van der Waals surface area contributed by atoms with Crippen LogP contribution in [0.5, 0.6) is 0 Å². The Morgan fingerprint density at radius 2 is 0.231 bits per heavy atom. The summed E-state index contributed by atoms with van der Waals surface area (Å²) in [4.78, 5) is 51.5. The van der Waals surface area contributed by atoms with Crippen LogP contribution in [0.1, 0.15) is 484 Å². The summed E-state index contributed by atoms with van der Waals surface area (Å²) in [5, 5.41) is 115. The van der Waals surface area contributed by atoms with Crippen molar-refractivity contribution in [2.45, 2.75) is 502 Å². The van der Waals surface area contributed by atoms with E-state index in [0.717, 1.165) is 64.2 Å². The fourth-order valence-corrected chi connectivity index (χ4v) is 11.6. The van der Waals surface area contributed by atoms with Gasteiger partial charge in [0.1, 0.15) is 18.3 Å².